The normalized spacial score (nSPS) is 24.5. The van der Waals surface area contributed by atoms with Gasteiger partial charge < -0.3 is 14.6 Å². The maximum Gasteiger partial charge on any atom is 0.324 e. The lowest BCUT2D eigenvalue weighted by Gasteiger charge is -2.22. The predicted octanol–water partition coefficient (Wildman–Crippen LogP) is 1.26. The summed E-state index contributed by atoms with van der Waals surface area (Å²) in [5, 5.41) is 7.52. The van der Waals surface area contributed by atoms with Crippen molar-refractivity contribution in [3.63, 3.8) is 0 Å². The van der Waals surface area contributed by atoms with Gasteiger partial charge in [-0.05, 0) is 19.3 Å². The van der Waals surface area contributed by atoms with Crippen LogP contribution in [0.25, 0.3) is 0 Å². The zero-order valence-electron chi connectivity index (χ0n) is 7.95. The lowest BCUT2D eigenvalue weighted by molar-refractivity contribution is -0.138. The molecule has 1 N–H and O–H groups in total. The Hall–Kier alpha value is -0.320. The summed E-state index contributed by atoms with van der Waals surface area (Å²) in [4.78, 5) is 10.3. The van der Waals surface area contributed by atoms with Crippen LogP contribution in [-0.2, 0) is 14.3 Å². The van der Waals surface area contributed by atoms with Crippen LogP contribution in [0, 0.1) is 0 Å². The van der Waals surface area contributed by atoms with Gasteiger partial charge in [0.05, 0.1) is 19.3 Å². The molecular weight excluding hydrogens is 208 g/mol. The van der Waals surface area contributed by atoms with Gasteiger partial charge in [-0.15, -0.1) is 11.6 Å². The van der Waals surface area contributed by atoms with Gasteiger partial charge >= 0.3 is 5.97 Å². The molecule has 1 aliphatic rings. The first-order valence-corrected chi connectivity index (χ1v) is 5.20. The Morgan fingerprint density at radius 3 is 3.00 bits per heavy atom. The second kappa shape index (κ2) is 6.22. The highest BCUT2D eigenvalue weighted by Crippen LogP contribution is 2.13. The zero-order valence-corrected chi connectivity index (χ0v) is 8.70. The first kappa shape index (κ1) is 11.8. The summed E-state index contributed by atoms with van der Waals surface area (Å²) >= 11 is 5.47. The SMILES string of the molecule is O=C(O)C(Cl)COCC1CCCCO1. The van der Waals surface area contributed by atoms with Crippen LogP contribution in [0.15, 0.2) is 0 Å². The molecule has 0 aromatic rings. The van der Waals surface area contributed by atoms with Gasteiger partial charge in [-0.25, -0.2) is 0 Å². The lowest BCUT2D eigenvalue weighted by atomic mass is 10.1. The van der Waals surface area contributed by atoms with Gasteiger partial charge in [-0.1, -0.05) is 0 Å². The predicted molar refractivity (Wildman–Crippen MR) is 51.7 cm³/mol. The van der Waals surface area contributed by atoms with Crippen LogP contribution in [0.3, 0.4) is 0 Å². The standard InChI is InChI=1S/C9H15ClO4/c10-8(9(11)12)6-13-5-7-3-1-2-4-14-7/h7-8H,1-6H2,(H,11,12). The maximum absolute atomic E-state index is 10.3. The van der Waals surface area contributed by atoms with Crippen LogP contribution in [0.2, 0.25) is 0 Å². The molecule has 1 rings (SSSR count). The summed E-state index contributed by atoms with van der Waals surface area (Å²) in [6.45, 7) is 1.25. The molecule has 0 radical (unpaired) electrons. The van der Waals surface area contributed by atoms with Gasteiger partial charge in [0.25, 0.3) is 0 Å². The van der Waals surface area contributed by atoms with E-state index in [-0.39, 0.29) is 12.7 Å². The topological polar surface area (TPSA) is 55.8 Å². The highest BCUT2D eigenvalue weighted by molar-refractivity contribution is 6.29. The first-order valence-electron chi connectivity index (χ1n) is 4.76. The van der Waals surface area contributed by atoms with Gasteiger partial charge in [-0.2, -0.15) is 0 Å². The number of carbonyl (C=O) groups is 1. The van der Waals surface area contributed by atoms with E-state index in [4.69, 9.17) is 26.2 Å². The Morgan fingerprint density at radius 2 is 2.43 bits per heavy atom. The summed E-state index contributed by atoms with van der Waals surface area (Å²) < 4.78 is 10.6. The van der Waals surface area contributed by atoms with Gasteiger partial charge in [0.15, 0.2) is 5.38 Å². The van der Waals surface area contributed by atoms with Crippen molar-refractivity contribution in [3.05, 3.63) is 0 Å². The molecule has 0 aliphatic carbocycles. The second-order valence-electron chi connectivity index (χ2n) is 3.33. The first-order chi connectivity index (χ1) is 6.70. The molecule has 4 nitrogen and oxygen atoms in total. The number of ether oxygens (including phenoxy) is 2. The molecule has 1 aliphatic heterocycles. The van der Waals surface area contributed by atoms with Crippen molar-refractivity contribution in [2.75, 3.05) is 19.8 Å². The van der Waals surface area contributed by atoms with Crippen LogP contribution < -0.4 is 0 Å². The number of hydrogen-bond acceptors (Lipinski definition) is 3. The minimum Gasteiger partial charge on any atom is -0.480 e. The molecule has 0 amide bonds. The largest absolute Gasteiger partial charge is 0.480 e. The lowest BCUT2D eigenvalue weighted by Crippen LogP contribution is -2.27. The third kappa shape index (κ3) is 4.26. The number of alkyl halides is 1. The molecule has 1 fully saturated rings. The van der Waals surface area contributed by atoms with Crippen molar-refractivity contribution in [3.8, 4) is 0 Å². The fraction of sp³-hybridized carbons (Fsp3) is 0.889. The molecule has 2 unspecified atom stereocenters. The molecule has 0 bridgehead atoms. The number of halogens is 1. The van der Waals surface area contributed by atoms with E-state index in [1.54, 1.807) is 0 Å². The van der Waals surface area contributed by atoms with E-state index in [1.165, 1.54) is 0 Å². The molecule has 2 atom stereocenters. The molecule has 0 saturated carbocycles. The van der Waals surface area contributed by atoms with Crippen LogP contribution >= 0.6 is 11.6 Å². The molecule has 0 aromatic carbocycles. The maximum atomic E-state index is 10.3. The molecule has 82 valence electrons. The molecular formula is C9H15ClO4. The van der Waals surface area contributed by atoms with Crippen LogP contribution in [0.4, 0.5) is 0 Å². The number of hydrogen-bond donors (Lipinski definition) is 1. The summed E-state index contributed by atoms with van der Waals surface area (Å²) in [5.74, 6) is -1.05. The smallest absolute Gasteiger partial charge is 0.324 e. The van der Waals surface area contributed by atoms with Gasteiger partial charge in [0.2, 0.25) is 0 Å². The average molecular weight is 223 g/mol. The van der Waals surface area contributed by atoms with Gasteiger partial charge in [0.1, 0.15) is 0 Å². The highest BCUT2D eigenvalue weighted by Gasteiger charge is 2.17. The summed E-state index contributed by atoms with van der Waals surface area (Å²) in [6.07, 6.45) is 3.35. The van der Waals surface area contributed by atoms with E-state index < -0.39 is 11.3 Å². The van der Waals surface area contributed by atoms with E-state index in [1.807, 2.05) is 0 Å². The van der Waals surface area contributed by atoms with Crippen LogP contribution in [-0.4, -0.2) is 42.4 Å². The van der Waals surface area contributed by atoms with Crippen molar-refractivity contribution in [1.29, 1.82) is 0 Å². The van der Waals surface area contributed by atoms with Crippen LogP contribution in [0.1, 0.15) is 19.3 Å². The Labute approximate surface area is 88.1 Å². The fourth-order valence-corrected chi connectivity index (χ4v) is 1.40. The van der Waals surface area contributed by atoms with Crippen molar-refractivity contribution in [2.24, 2.45) is 0 Å². The van der Waals surface area contributed by atoms with E-state index in [0.29, 0.717) is 6.61 Å². The van der Waals surface area contributed by atoms with Gasteiger partial charge in [-0.3, -0.25) is 4.79 Å². The molecule has 1 heterocycles. The van der Waals surface area contributed by atoms with Crippen molar-refractivity contribution in [2.45, 2.75) is 30.7 Å². The van der Waals surface area contributed by atoms with E-state index in [9.17, 15) is 4.79 Å². The average Bonchev–Trinajstić information content (AvgIpc) is 2.19. The van der Waals surface area contributed by atoms with E-state index in [0.717, 1.165) is 25.9 Å². The van der Waals surface area contributed by atoms with E-state index in [2.05, 4.69) is 0 Å². The Morgan fingerprint density at radius 1 is 1.64 bits per heavy atom. The number of rotatable bonds is 5. The minimum absolute atomic E-state index is 0.0384. The number of aliphatic carboxylic acids is 1. The third-order valence-corrected chi connectivity index (χ3v) is 2.42. The minimum atomic E-state index is -1.05. The van der Waals surface area contributed by atoms with Crippen molar-refractivity contribution in [1.82, 2.24) is 0 Å². The molecule has 14 heavy (non-hydrogen) atoms. The quantitative estimate of drug-likeness (QED) is 0.712. The Kier molecular flexibility index (Phi) is 5.22. The number of carboxylic acids is 1. The van der Waals surface area contributed by atoms with Crippen molar-refractivity contribution < 1.29 is 19.4 Å². The summed E-state index contributed by atoms with van der Waals surface area (Å²) in [6, 6.07) is 0. The van der Waals surface area contributed by atoms with Crippen molar-refractivity contribution >= 4 is 17.6 Å². The summed E-state index contributed by atoms with van der Waals surface area (Å²) in [7, 11) is 0. The number of carboxylic acid groups (broad SMARTS) is 1. The summed E-state index contributed by atoms with van der Waals surface area (Å²) in [5.41, 5.74) is 0. The Balaban J connectivity index is 2.05. The molecule has 5 heteroatoms. The molecule has 1 saturated heterocycles. The molecule has 0 aromatic heterocycles. The van der Waals surface area contributed by atoms with E-state index >= 15 is 0 Å². The molecule has 0 spiro atoms. The van der Waals surface area contributed by atoms with Gasteiger partial charge in [0, 0.05) is 6.61 Å². The zero-order chi connectivity index (χ0) is 10.4. The third-order valence-electron chi connectivity index (χ3n) is 2.11. The van der Waals surface area contributed by atoms with Crippen LogP contribution in [0.5, 0.6) is 0 Å². The highest BCUT2D eigenvalue weighted by atomic mass is 35.5. The monoisotopic (exact) mass is 222 g/mol. The fourth-order valence-electron chi connectivity index (χ4n) is 1.31. The second-order valence-corrected chi connectivity index (χ2v) is 3.86. The Bertz CT molecular complexity index is 180.